The number of rotatable bonds is 2. The summed E-state index contributed by atoms with van der Waals surface area (Å²) in [6.45, 7) is 4.24. The number of thiophene rings is 1. The van der Waals surface area contributed by atoms with Gasteiger partial charge in [0, 0.05) is 22.8 Å². The molecule has 0 unspecified atom stereocenters. The van der Waals surface area contributed by atoms with Crippen LogP contribution in [0.5, 0.6) is 0 Å². The van der Waals surface area contributed by atoms with Gasteiger partial charge in [-0.1, -0.05) is 6.07 Å². The van der Waals surface area contributed by atoms with Crippen LogP contribution in [0.15, 0.2) is 35.5 Å². The Hall–Kier alpha value is -1.66. The summed E-state index contributed by atoms with van der Waals surface area (Å²) in [5.41, 5.74) is 5.36. The number of amidine groups is 1. The van der Waals surface area contributed by atoms with E-state index in [0.717, 1.165) is 11.4 Å². The van der Waals surface area contributed by atoms with Crippen molar-refractivity contribution >= 4 is 29.6 Å². The molecule has 4 nitrogen and oxygen atoms in total. The van der Waals surface area contributed by atoms with E-state index >= 15 is 0 Å². The van der Waals surface area contributed by atoms with Crippen molar-refractivity contribution in [3.8, 4) is 0 Å². The maximum Gasteiger partial charge on any atom is 0.416 e. The average molecular weight is 256 g/mol. The maximum absolute atomic E-state index is 4.66. The quantitative estimate of drug-likeness (QED) is 0.788. The lowest BCUT2D eigenvalue weighted by molar-refractivity contribution is 0.919. The lowest BCUT2D eigenvalue weighted by atomic mass is 9.70. The third-order valence-electron chi connectivity index (χ3n) is 2.89. The molecule has 1 aliphatic rings. The first kappa shape index (κ1) is 11.4. The number of pyridine rings is 1. The number of aryl methyl sites for hydroxylation is 2. The van der Waals surface area contributed by atoms with Gasteiger partial charge in [0.1, 0.15) is 5.84 Å². The van der Waals surface area contributed by atoms with Gasteiger partial charge in [0.2, 0.25) is 0 Å². The largest absolute Gasteiger partial charge is 0.416 e. The molecule has 3 rings (SSSR count). The Labute approximate surface area is 110 Å². The Bertz CT molecular complexity index is 593. The van der Waals surface area contributed by atoms with E-state index < -0.39 is 0 Å². The number of hydrogen-bond donors (Lipinski definition) is 2. The van der Waals surface area contributed by atoms with E-state index in [9.17, 15) is 0 Å². The van der Waals surface area contributed by atoms with E-state index in [0.29, 0.717) is 0 Å². The van der Waals surface area contributed by atoms with E-state index in [2.05, 4.69) is 40.6 Å². The van der Waals surface area contributed by atoms with Crippen LogP contribution in [0.1, 0.15) is 15.3 Å². The molecule has 0 radical (unpaired) electrons. The van der Waals surface area contributed by atoms with Crippen molar-refractivity contribution in [1.29, 1.82) is 0 Å². The van der Waals surface area contributed by atoms with Crippen LogP contribution in [0.25, 0.3) is 0 Å². The van der Waals surface area contributed by atoms with Crippen LogP contribution in [0.3, 0.4) is 0 Å². The predicted molar refractivity (Wildman–Crippen MR) is 76.2 cm³/mol. The minimum atomic E-state index is -0.00911. The smallest absolute Gasteiger partial charge is 0.315 e. The zero-order chi connectivity index (χ0) is 12.5. The molecular formula is C12H13BN4S. The van der Waals surface area contributed by atoms with Gasteiger partial charge in [0.25, 0.3) is 0 Å². The molecule has 0 aromatic carbocycles. The minimum Gasteiger partial charge on any atom is -0.315 e. The Morgan fingerprint density at radius 2 is 2.22 bits per heavy atom. The van der Waals surface area contributed by atoms with Crippen molar-refractivity contribution in [2.75, 3.05) is 0 Å². The maximum atomic E-state index is 4.66. The molecule has 0 spiro atoms. The topological polar surface area (TPSA) is 49.3 Å². The van der Waals surface area contributed by atoms with Crippen molar-refractivity contribution in [1.82, 2.24) is 15.7 Å². The van der Waals surface area contributed by atoms with Crippen molar-refractivity contribution in [3.63, 3.8) is 0 Å². The number of aromatic nitrogens is 1. The average Bonchev–Trinajstić information content (AvgIpc) is 2.97. The molecule has 18 heavy (non-hydrogen) atoms. The zero-order valence-electron chi connectivity index (χ0n) is 10.3. The van der Waals surface area contributed by atoms with Crippen molar-refractivity contribution in [2.24, 2.45) is 4.90 Å². The summed E-state index contributed by atoms with van der Waals surface area (Å²) in [6.07, 6.45) is 3.57. The summed E-state index contributed by atoms with van der Waals surface area (Å²) < 4.78 is 0. The highest BCUT2D eigenvalue weighted by Gasteiger charge is 2.27. The van der Waals surface area contributed by atoms with Gasteiger partial charge < -0.3 is 5.43 Å². The molecule has 0 bridgehead atoms. The highest BCUT2D eigenvalue weighted by molar-refractivity contribution is 7.13. The number of hydrazine groups is 1. The van der Waals surface area contributed by atoms with Gasteiger partial charge in [-0.25, -0.2) is 5.34 Å². The van der Waals surface area contributed by atoms with Gasteiger partial charge >= 0.3 is 6.98 Å². The van der Waals surface area contributed by atoms with Crippen molar-refractivity contribution in [2.45, 2.75) is 13.8 Å². The predicted octanol–water partition coefficient (Wildman–Crippen LogP) is 1.01. The molecule has 0 aliphatic carbocycles. The van der Waals surface area contributed by atoms with Crippen molar-refractivity contribution < 1.29 is 0 Å². The summed E-state index contributed by atoms with van der Waals surface area (Å²) >= 11 is 1.80. The molecule has 1 aliphatic heterocycles. The van der Waals surface area contributed by atoms with E-state index in [-0.39, 0.29) is 6.98 Å². The molecule has 0 amide bonds. The van der Waals surface area contributed by atoms with E-state index in [1.165, 1.54) is 15.2 Å². The first-order chi connectivity index (χ1) is 8.74. The second-order valence-electron chi connectivity index (χ2n) is 4.26. The van der Waals surface area contributed by atoms with Gasteiger partial charge in [-0.05, 0) is 36.3 Å². The zero-order valence-corrected chi connectivity index (χ0v) is 11.1. The summed E-state index contributed by atoms with van der Waals surface area (Å²) in [4.78, 5) is 11.4. The summed E-state index contributed by atoms with van der Waals surface area (Å²) in [7, 11) is 0. The fourth-order valence-corrected chi connectivity index (χ4v) is 3.01. The van der Waals surface area contributed by atoms with Crippen LogP contribution < -0.4 is 16.2 Å². The first-order valence-corrected chi connectivity index (χ1v) is 6.62. The molecule has 6 heteroatoms. The molecule has 2 aromatic rings. The summed E-state index contributed by atoms with van der Waals surface area (Å²) in [5, 5.41) is 3.20. The molecule has 2 N–H and O–H groups in total. The second kappa shape index (κ2) is 4.55. The number of nitrogens with zero attached hydrogens (tertiary/aromatic N) is 2. The highest BCUT2D eigenvalue weighted by atomic mass is 32.1. The molecule has 0 fully saturated rings. The van der Waals surface area contributed by atoms with Crippen LogP contribution in [0.4, 0.5) is 0 Å². The molecule has 2 aromatic heterocycles. The van der Waals surface area contributed by atoms with Crippen LogP contribution in [-0.2, 0) is 0 Å². The Morgan fingerprint density at radius 1 is 1.33 bits per heavy atom. The standard InChI is InChI=1S/C12H13BN4S/c1-8-6-11(9(2)18-8)13-15-12(16-17-13)10-4-3-5-14-7-10/h3-7,17H,1-2H3,(H,15,16). The van der Waals surface area contributed by atoms with Crippen LogP contribution >= 0.6 is 11.3 Å². The van der Waals surface area contributed by atoms with E-state index in [1.54, 1.807) is 17.5 Å². The van der Waals surface area contributed by atoms with Gasteiger partial charge in [-0.2, -0.15) is 0 Å². The number of hydrogen-bond acceptors (Lipinski definition) is 5. The van der Waals surface area contributed by atoms with E-state index in [1.807, 2.05) is 18.3 Å². The fraction of sp³-hybridized carbons (Fsp3) is 0.167. The Balaban J connectivity index is 1.90. The SMILES string of the molecule is Cc1cc(B2N=C(c3cccnc3)NN2)c(C)s1. The third kappa shape index (κ3) is 2.04. The van der Waals surface area contributed by atoms with Gasteiger partial charge in [-0.3, -0.25) is 9.89 Å². The molecule has 0 saturated heterocycles. The molecule has 90 valence electrons. The fourth-order valence-electron chi connectivity index (χ4n) is 2.05. The van der Waals surface area contributed by atoms with Gasteiger partial charge in [0.15, 0.2) is 0 Å². The molecular weight excluding hydrogens is 243 g/mol. The van der Waals surface area contributed by atoms with Crippen LogP contribution in [0, 0.1) is 13.8 Å². The lowest BCUT2D eigenvalue weighted by Crippen LogP contribution is -2.45. The molecule has 0 atom stereocenters. The number of nitrogens with one attached hydrogen (secondary N) is 2. The van der Waals surface area contributed by atoms with Gasteiger partial charge in [0.05, 0.1) is 0 Å². The Morgan fingerprint density at radius 3 is 2.89 bits per heavy atom. The summed E-state index contributed by atoms with van der Waals surface area (Å²) in [6, 6.07) is 6.09. The van der Waals surface area contributed by atoms with Gasteiger partial charge in [-0.15, -0.1) is 11.3 Å². The molecule has 0 saturated carbocycles. The second-order valence-corrected chi connectivity index (χ2v) is 5.72. The normalized spacial score (nSPS) is 14.6. The Kier molecular flexibility index (Phi) is 2.89. The lowest BCUT2D eigenvalue weighted by Gasteiger charge is -2.02. The van der Waals surface area contributed by atoms with Crippen LogP contribution in [0.2, 0.25) is 0 Å². The van der Waals surface area contributed by atoms with Crippen LogP contribution in [-0.4, -0.2) is 17.8 Å². The monoisotopic (exact) mass is 256 g/mol. The third-order valence-corrected chi connectivity index (χ3v) is 3.88. The van der Waals surface area contributed by atoms with E-state index in [4.69, 9.17) is 0 Å². The first-order valence-electron chi connectivity index (χ1n) is 5.81. The highest BCUT2D eigenvalue weighted by Crippen LogP contribution is 2.13. The van der Waals surface area contributed by atoms with Crippen molar-refractivity contribution in [3.05, 3.63) is 45.9 Å². The summed E-state index contributed by atoms with van der Waals surface area (Å²) in [5.74, 6) is 0.844. The minimum absolute atomic E-state index is 0.00911. The molecule has 3 heterocycles.